The van der Waals surface area contributed by atoms with Crippen LogP contribution in [0.25, 0.3) is 0 Å². The summed E-state index contributed by atoms with van der Waals surface area (Å²) >= 11 is 0. The molecular weight excluding hydrogens is 314 g/mol. The van der Waals surface area contributed by atoms with Gasteiger partial charge >= 0.3 is 5.97 Å². The number of morpholine rings is 1. The molecule has 0 aliphatic carbocycles. The number of benzene rings is 2. The van der Waals surface area contributed by atoms with Crippen molar-refractivity contribution >= 4 is 5.97 Å². The number of aromatic carboxylic acids is 1. The summed E-state index contributed by atoms with van der Waals surface area (Å²) in [5.74, 6) is -0.888. The number of ether oxygens (including phenoxy) is 1. The second-order valence-electron chi connectivity index (χ2n) is 6.96. The molecule has 0 spiro atoms. The van der Waals surface area contributed by atoms with Gasteiger partial charge in [0.2, 0.25) is 0 Å². The van der Waals surface area contributed by atoms with Crippen molar-refractivity contribution in [1.82, 2.24) is 4.90 Å². The minimum atomic E-state index is -0.888. The molecule has 1 fully saturated rings. The molecule has 1 heterocycles. The molecule has 3 rings (SSSR count). The lowest BCUT2D eigenvalue weighted by molar-refractivity contribution is -0.0635. The zero-order chi connectivity index (χ0) is 18.0. The summed E-state index contributed by atoms with van der Waals surface area (Å²) in [6, 6.07) is 14.0. The Balaban J connectivity index is 1.74. The molecule has 2 unspecified atom stereocenters. The Kier molecular flexibility index (Phi) is 5.21. The average molecular weight is 339 g/mol. The Morgan fingerprint density at radius 3 is 2.60 bits per heavy atom. The summed E-state index contributed by atoms with van der Waals surface area (Å²) in [4.78, 5) is 13.4. The van der Waals surface area contributed by atoms with Crippen LogP contribution in [0.1, 0.15) is 45.6 Å². The number of aryl methyl sites for hydroxylation is 2. The lowest BCUT2D eigenvalue weighted by atomic mass is 9.98. The first-order valence-corrected chi connectivity index (χ1v) is 8.69. The van der Waals surface area contributed by atoms with Crippen molar-refractivity contribution in [3.8, 4) is 0 Å². The van der Waals surface area contributed by atoms with Gasteiger partial charge in [-0.15, -0.1) is 0 Å². The van der Waals surface area contributed by atoms with Crippen molar-refractivity contribution in [2.45, 2.75) is 39.5 Å². The van der Waals surface area contributed by atoms with Crippen molar-refractivity contribution in [2.24, 2.45) is 0 Å². The first kappa shape index (κ1) is 17.6. The minimum absolute atomic E-state index is 0.0781. The van der Waals surface area contributed by atoms with E-state index in [1.807, 2.05) is 12.1 Å². The molecule has 0 aromatic heterocycles. The number of nitrogens with zero attached hydrogens (tertiary/aromatic N) is 1. The maximum Gasteiger partial charge on any atom is 0.335 e. The zero-order valence-electron chi connectivity index (χ0n) is 15.0. The van der Waals surface area contributed by atoms with Crippen LogP contribution in [-0.2, 0) is 11.3 Å². The molecule has 2 aromatic carbocycles. The van der Waals surface area contributed by atoms with E-state index < -0.39 is 5.97 Å². The van der Waals surface area contributed by atoms with E-state index in [1.54, 1.807) is 12.1 Å². The van der Waals surface area contributed by atoms with Gasteiger partial charge in [0.25, 0.3) is 0 Å². The van der Waals surface area contributed by atoms with Crippen LogP contribution in [0.3, 0.4) is 0 Å². The molecule has 2 atom stereocenters. The number of carboxylic acids is 1. The Labute approximate surface area is 149 Å². The molecular formula is C21H25NO3. The summed E-state index contributed by atoms with van der Waals surface area (Å²) in [6.45, 7) is 8.75. The predicted octanol–water partition coefficient (Wildman–Crippen LogP) is 3.96. The standard InChI is InChI=1S/C21H25NO3/c1-14-4-5-15(2)19(10-14)20-12-22(16(3)13-25-20)11-17-6-8-18(9-7-17)21(23)24/h4-10,16,20H,11-13H2,1-3H3,(H,23,24). The molecule has 1 aliphatic rings. The van der Waals surface area contributed by atoms with Gasteiger partial charge in [0.15, 0.2) is 0 Å². The third kappa shape index (κ3) is 4.09. The fourth-order valence-corrected chi connectivity index (χ4v) is 3.31. The highest BCUT2D eigenvalue weighted by Crippen LogP contribution is 2.29. The van der Waals surface area contributed by atoms with Gasteiger partial charge in [-0.25, -0.2) is 4.79 Å². The van der Waals surface area contributed by atoms with Crippen molar-refractivity contribution in [1.29, 1.82) is 0 Å². The summed E-state index contributed by atoms with van der Waals surface area (Å²) in [7, 11) is 0. The number of rotatable bonds is 4. The fraction of sp³-hybridized carbons (Fsp3) is 0.381. The number of carboxylic acid groups (broad SMARTS) is 1. The Morgan fingerprint density at radius 2 is 1.92 bits per heavy atom. The van der Waals surface area contributed by atoms with E-state index in [0.717, 1.165) is 18.7 Å². The molecule has 0 bridgehead atoms. The monoisotopic (exact) mass is 339 g/mol. The SMILES string of the molecule is Cc1ccc(C)c(C2CN(Cc3ccc(C(=O)O)cc3)C(C)CO2)c1. The Hall–Kier alpha value is -2.17. The summed E-state index contributed by atoms with van der Waals surface area (Å²) in [5, 5.41) is 9.02. The third-order valence-electron chi connectivity index (χ3n) is 4.93. The molecule has 1 saturated heterocycles. The van der Waals surface area contributed by atoms with Crippen molar-refractivity contribution in [3.05, 3.63) is 70.3 Å². The second kappa shape index (κ2) is 7.38. The van der Waals surface area contributed by atoms with Gasteiger partial charge in [0.05, 0.1) is 18.3 Å². The molecule has 4 heteroatoms. The lowest BCUT2D eigenvalue weighted by Crippen LogP contribution is -2.44. The maximum atomic E-state index is 11.0. The van der Waals surface area contributed by atoms with E-state index in [2.05, 4.69) is 43.9 Å². The first-order chi connectivity index (χ1) is 11.9. The molecule has 132 valence electrons. The number of carbonyl (C=O) groups is 1. The maximum absolute atomic E-state index is 11.0. The van der Waals surface area contributed by atoms with Gasteiger partial charge in [0.1, 0.15) is 0 Å². The highest BCUT2D eigenvalue weighted by molar-refractivity contribution is 5.87. The molecule has 25 heavy (non-hydrogen) atoms. The molecule has 0 saturated carbocycles. The van der Waals surface area contributed by atoms with Crippen molar-refractivity contribution < 1.29 is 14.6 Å². The summed E-state index contributed by atoms with van der Waals surface area (Å²) in [6.07, 6.45) is 0.0781. The molecule has 1 aliphatic heterocycles. The van der Waals surface area contributed by atoms with E-state index in [9.17, 15) is 4.79 Å². The van der Waals surface area contributed by atoms with Gasteiger partial charge in [-0.05, 0) is 49.6 Å². The van der Waals surface area contributed by atoms with Crippen LogP contribution < -0.4 is 0 Å². The molecule has 4 nitrogen and oxygen atoms in total. The minimum Gasteiger partial charge on any atom is -0.478 e. The van der Waals surface area contributed by atoms with Gasteiger partial charge < -0.3 is 9.84 Å². The van der Waals surface area contributed by atoms with E-state index in [0.29, 0.717) is 18.2 Å². The number of hydrogen-bond donors (Lipinski definition) is 1. The van der Waals surface area contributed by atoms with Crippen LogP contribution in [0, 0.1) is 13.8 Å². The van der Waals surface area contributed by atoms with Gasteiger partial charge in [-0.1, -0.05) is 35.9 Å². The van der Waals surface area contributed by atoms with Crippen molar-refractivity contribution in [3.63, 3.8) is 0 Å². The first-order valence-electron chi connectivity index (χ1n) is 8.69. The quantitative estimate of drug-likeness (QED) is 0.916. The summed E-state index contributed by atoms with van der Waals surface area (Å²) < 4.78 is 6.11. The second-order valence-corrected chi connectivity index (χ2v) is 6.96. The number of hydrogen-bond acceptors (Lipinski definition) is 3. The van der Waals surface area contributed by atoms with Crippen LogP contribution in [0.15, 0.2) is 42.5 Å². The molecule has 2 aromatic rings. The van der Waals surface area contributed by atoms with Crippen LogP contribution >= 0.6 is 0 Å². The van der Waals surface area contributed by atoms with Crippen molar-refractivity contribution in [2.75, 3.05) is 13.2 Å². The molecule has 0 amide bonds. The lowest BCUT2D eigenvalue weighted by Gasteiger charge is -2.38. The van der Waals surface area contributed by atoms with Gasteiger partial charge in [0, 0.05) is 19.1 Å². The summed E-state index contributed by atoms with van der Waals surface area (Å²) in [5.41, 5.74) is 5.22. The fourth-order valence-electron chi connectivity index (χ4n) is 3.31. The third-order valence-corrected chi connectivity index (χ3v) is 4.93. The zero-order valence-corrected chi connectivity index (χ0v) is 15.0. The Morgan fingerprint density at radius 1 is 1.20 bits per heavy atom. The van der Waals surface area contributed by atoms with Crippen LogP contribution in [0.2, 0.25) is 0 Å². The highest BCUT2D eigenvalue weighted by atomic mass is 16.5. The van der Waals surface area contributed by atoms with Gasteiger partial charge in [-0.3, -0.25) is 4.90 Å². The van der Waals surface area contributed by atoms with Crippen LogP contribution in [0.4, 0.5) is 0 Å². The van der Waals surface area contributed by atoms with Crippen LogP contribution in [0.5, 0.6) is 0 Å². The smallest absolute Gasteiger partial charge is 0.335 e. The van der Waals surface area contributed by atoms with E-state index in [-0.39, 0.29) is 6.10 Å². The predicted molar refractivity (Wildman–Crippen MR) is 97.9 cm³/mol. The largest absolute Gasteiger partial charge is 0.478 e. The molecule has 1 N–H and O–H groups in total. The highest BCUT2D eigenvalue weighted by Gasteiger charge is 2.28. The molecule has 0 radical (unpaired) electrons. The average Bonchev–Trinajstić information content (AvgIpc) is 2.59. The Bertz CT molecular complexity index is 754. The van der Waals surface area contributed by atoms with Gasteiger partial charge in [-0.2, -0.15) is 0 Å². The van der Waals surface area contributed by atoms with E-state index in [1.165, 1.54) is 16.7 Å². The van der Waals surface area contributed by atoms with E-state index in [4.69, 9.17) is 9.84 Å². The van der Waals surface area contributed by atoms with Crippen LogP contribution in [-0.4, -0.2) is 35.2 Å². The van der Waals surface area contributed by atoms with E-state index >= 15 is 0 Å². The normalized spacial score (nSPS) is 21.2. The topological polar surface area (TPSA) is 49.8 Å².